The van der Waals surface area contributed by atoms with Gasteiger partial charge in [0.2, 0.25) is 5.91 Å². The van der Waals surface area contributed by atoms with Crippen molar-refractivity contribution in [2.75, 3.05) is 31.1 Å². The van der Waals surface area contributed by atoms with Gasteiger partial charge in [0.05, 0.1) is 6.04 Å². The van der Waals surface area contributed by atoms with Crippen molar-refractivity contribution in [1.29, 1.82) is 0 Å². The first-order valence-electron chi connectivity index (χ1n) is 12.2. The maximum absolute atomic E-state index is 12.8. The molecule has 0 radical (unpaired) electrons. The van der Waals surface area contributed by atoms with Gasteiger partial charge in [-0.25, -0.2) is 0 Å². The van der Waals surface area contributed by atoms with Gasteiger partial charge in [-0.2, -0.15) is 11.8 Å². The number of rotatable bonds is 6. The lowest BCUT2D eigenvalue weighted by Gasteiger charge is -2.38. The van der Waals surface area contributed by atoms with Crippen LogP contribution in [0.25, 0.3) is 0 Å². The van der Waals surface area contributed by atoms with Crippen LogP contribution in [-0.2, 0) is 17.8 Å². The number of carbonyl (C=O) groups excluding carboxylic acids is 2. The number of benzene rings is 2. The molecule has 182 valence electrons. The Morgan fingerprint density at radius 2 is 1.83 bits per heavy atom. The molecule has 1 atom stereocenters. The molecule has 2 aliphatic rings. The molecule has 5 rings (SSSR count). The van der Waals surface area contributed by atoms with Crippen LogP contribution in [0.4, 0.5) is 0 Å². The average Bonchev–Trinajstić information content (AvgIpc) is 3.40. The highest BCUT2D eigenvalue weighted by atomic mass is 32.2. The Bertz CT molecular complexity index is 1190. The van der Waals surface area contributed by atoms with Crippen LogP contribution in [0.5, 0.6) is 5.75 Å². The zero-order chi connectivity index (χ0) is 24.2. The zero-order valence-corrected chi connectivity index (χ0v) is 20.8. The lowest BCUT2D eigenvalue weighted by Crippen LogP contribution is -2.40. The van der Waals surface area contributed by atoms with Gasteiger partial charge < -0.3 is 19.0 Å². The van der Waals surface area contributed by atoms with E-state index in [1.54, 1.807) is 12.1 Å². The number of carbonyl (C=O) groups is 2. The van der Waals surface area contributed by atoms with Crippen molar-refractivity contribution in [1.82, 2.24) is 9.80 Å². The molecule has 1 unspecified atom stereocenters. The molecule has 0 N–H and O–H groups in total. The summed E-state index contributed by atoms with van der Waals surface area (Å²) >= 11 is 1.87. The maximum atomic E-state index is 12.8. The summed E-state index contributed by atoms with van der Waals surface area (Å²) in [6.07, 6.45) is 1.30. The molecule has 1 saturated heterocycles. The van der Waals surface area contributed by atoms with Crippen LogP contribution in [0.3, 0.4) is 0 Å². The van der Waals surface area contributed by atoms with Crippen molar-refractivity contribution < 1.29 is 18.7 Å². The quantitative estimate of drug-likeness (QED) is 0.490. The maximum Gasteiger partial charge on any atom is 0.289 e. The topological polar surface area (TPSA) is 63.0 Å². The van der Waals surface area contributed by atoms with Gasteiger partial charge in [-0.05, 0) is 47.4 Å². The first-order valence-corrected chi connectivity index (χ1v) is 13.3. The first kappa shape index (κ1) is 23.5. The van der Waals surface area contributed by atoms with Gasteiger partial charge in [0.15, 0.2) is 5.76 Å². The molecule has 35 heavy (non-hydrogen) atoms. The van der Waals surface area contributed by atoms with Crippen molar-refractivity contribution in [2.45, 2.75) is 32.4 Å². The van der Waals surface area contributed by atoms with Gasteiger partial charge in [-0.15, -0.1) is 0 Å². The second-order valence-electron chi connectivity index (χ2n) is 8.82. The van der Waals surface area contributed by atoms with Crippen molar-refractivity contribution in [3.63, 3.8) is 0 Å². The van der Waals surface area contributed by atoms with E-state index >= 15 is 0 Å². The SMILES string of the molecule is CCC(=O)N1CCc2ccc(OCc3ccc(C(=O)N4CCSCC4)o3)cc2C1c1ccccc1. The van der Waals surface area contributed by atoms with Gasteiger partial charge in [0.1, 0.15) is 18.1 Å². The molecule has 7 heteroatoms. The summed E-state index contributed by atoms with van der Waals surface area (Å²) in [5, 5.41) is 0. The molecule has 1 fully saturated rings. The van der Waals surface area contributed by atoms with E-state index in [4.69, 9.17) is 9.15 Å². The normalized spacial score (nSPS) is 17.7. The molecule has 6 nitrogen and oxygen atoms in total. The van der Waals surface area contributed by atoms with E-state index in [1.165, 1.54) is 5.56 Å². The minimum atomic E-state index is -0.133. The Balaban J connectivity index is 1.33. The Labute approximate surface area is 210 Å². The molecular formula is C28H30N2O4S. The average molecular weight is 491 g/mol. The third-order valence-corrected chi connectivity index (χ3v) is 7.58. The van der Waals surface area contributed by atoms with Crippen LogP contribution in [0.1, 0.15) is 52.4 Å². The van der Waals surface area contributed by atoms with Gasteiger partial charge in [-0.3, -0.25) is 9.59 Å². The lowest BCUT2D eigenvalue weighted by molar-refractivity contribution is -0.132. The number of fused-ring (bicyclic) bond motifs is 1. The summed E-state index contributed by atoms with van der Waals surface area (Å²) in [4.78, 5) is 29.3. The van der Waals surface area contributed by atoms with Crippen LogP contribution in [0.2, 0.25) is 0 Å². The molecule has 0 spiro atoms. The predicted molar refractivity (Wildman–Crippen MR) is 137 cm³/mol. The van der Waals surface area contributed by atoms with E-state index < -0.39 is 0 Å². The number of ether oxygens (including phenoxy) is 1. The fourth-order valence-corrected chi connectivity index (χ4v) is 5.70. The standard InChI is InChI=1S/C28H30N2O4S/c1-2-26(31)30-13-12-20-8-9-22(18-24(20)27(30)21-6-4-3-5-7-21)33-19-23-10-11-25(34-23)28(32)29-14-16-35-17-15-29/h3-11,18,27H,2,12-17,19H2,1H3. The Hall–Kier alpha value is -3.19. The number of nitrogens with zero attached hydrogens (tertiary/aromatic N) is 2. The van der Waals surface area contributed by atoms with Crippen molar-refractivity contribution in [3.8, 4) is 5.75 Å². The van der Waals surface area contributed by atoms with E-state index in [9.17, 15) is 9.59 Å². The Morgan fingerprint density at radius 3 is 2.60 bits per heavy atom. The van der Waals surface area contributed by atoms with E-state index in [0.29, 0.717) is 30.2 Å². The number of furan rings is 1. The van der Waals surface area contributed by atoms with Crippen LogP contribution < -0.4 is 4.74 Å². The minimum absolute atomic E-state index is 0.0586. The highest BCUT2D eigenvalue weighted by Gasteiger charge is 2.31. The number of hydrogen-bond donors (Lipinski definition) is 0. The molecule has 3 aromatic rings. The predicted octanol–water partition coefficient (Wildman–Crippen LogP) is 4.93. The molecule has 3 heterocycles. The fourth-order valence-electron chi connectivity index (χ4n) is 4.80. The highest BCUT2D eigenvalue weighted by Crippen LogP contribution is 2.37. The summed E-state index contributed by atoms with van der Waals surface area (Å²) in [7, 11) is 0. The van der Waals surface area contributed by atoms with E-state index in [0.717, 1.165) is 42.1 Å². The summed E-state index contributed by atoms with van der Waals surface area (Å²) in [5.41, 5.74) is 3.43. The van der Waals surface area contributed by atoms with Gasteiger partial charge in [0, 0.05) is 37.6 Å². The number of thioether (sulfide) groups is 1. The lowest BCUT2D eigenvalue weighted by atomic mass is 9.87. The second-order valence-corrected chi connectivity index (χ2v) is 10.0. The summed E-state index contributed by atoms with van der Waals surface area (Å²) in [6, 6.07) is 19.7. The Kier molecular flexibility index (Phi) is 7.13. The van der Waals surface area contributed by atoms with Gasteiger partial charge in [-0.1, -0.05) is 43.3 Å². The van der Waals surface area contributed by atoms with Gasteiger partial charge in [0.25, 0.3) is 5.91 Å². The summed E-state index contributed by atoms with van der Waals surface area (Å²) < 4.78 is 11.9. The molecule has 0 aliphatic carbocycles. The number of amides is 2. The second kappa shape index (κ2) is 10.6. The molecule has 0 bridgehead atoms. The third-order valence-electron chi connectivity index (χ3n) is 6.64. The minimum Gasteiger partial charge on any atom is -0.486 e. The summed E-state index contributed by atoms with van der Waals surface area (Å²) in [5.74, 6) is 3.71. The van der Waals surface area contributed by atoms with E-state index in [2.05, 4.69) is 18.2 Å². The summed E-state index contributed by atoms with van der Waals surface area (Å²) in [6.45, 7) is 4.36. The van der Waals surface area contributed by atoms with Crippen molar-refractivity contribution in [2.24, 2.45) is 0 Å². The van der Waals surface area contributed by atoms with Crippen LogP contribution in [-0.4, -0.2) is 52.8 Å². The van der Waals surface area contributed by atoms with Crippen molar-refractivity contribution in [3.05, 3.63) is 88.9 Å². The highest BCUT2D eigenvalue weighted by molar-refractivity contribution is 7.99. The Morgan fingerprint density at radius 1 is 1.03 bits per heavy atom. The fraction of sp³-hybridized carbons (Fsp3) is 0.357. The van der Waals surface area contributed by atoms with Crippen LogP contribution in [0, 0.1) is 0 Å². The molecule has 2 aliphatic heterocycles. The van der Waals surface area contributed by atoms with E-state index in [1.807, 2.05) is 58.8 Å². The van der Waals surface area contributed by atoms with E-state index in [-0.39, 0.29) is 24.5 Å². The third kappa shape index (κ3) is 5.10. The van der Waals surface area contributed by atoms with Crippen LogP contribution >= 0.6 is 11.8 Å². The van der Waals surface area contributed by atoms with Crippen molar-refractivity contribution >= 4 is 23.6 Å². The van der Waals surface area contributed by atoms with Gasteiger partial charge >= 0.3 is 0 Å². The largest absolute Gasteiger partial charge is 0.486 e. The first-order chi connectivity index (χ1) is 17.1. The molecular weight excluding hydrogens is 460 g/mol. The smallest absolute Gasteiger partial charge is 0.289 e. The zero-order valence-electron chi connectivity index (χ0n) is 19.9. The molecule has 0 saturated carbocycles. The number of hydrogen-bond acceptors (Lipinski definition) is 5. The van der Waals surface area contributed by atoms with Crippen LogP contribution in [0.15, 0.2) is 65.1 Å². The molecule has 2 aromatic carbocycles. The molecule has 1 aromatic heterocycles. The monoisotopic (exact) mass is 490 g/mol. The molecule has 2 amide bonds.